The largest absolute Gasteiger partial charge is 0.233 e. The van der Waals surface area contributed by atoms with E-state index in [1.807, 2.05) is 78.9 Å². The molecular weight excluding hydrogens is 492 g/mol. The molecule has 0 atom stereocenters. The highest BCUT2D eigenvalue weighted by atomic mass is 32.1. The van der Waals surface area contributed by atoms with Crippen LogP contribution in [0.25, 0.3) is 27.3 Å². The molecule has 0 spiro atoms. The SMILES string of the molecule is C=C(N=C(N=C(C)c1cccc(-c2ccc3c(c2)C(C)(C)c2ccsc2-3)c1)c1ccccc1)c1ccccc1. The number of nitrogens with zero attached hydrogens (tertiary/aromatic N) is 2. The first-order chi connectivity index (χ1) is 18.9. The van der Waals surface area contributed by atoms with Gasteiger partial charge in [-0.2, -0.15) is 0 Å². The van der Waals surface area contributed by atoms with Crippen LogP contribution in [-0.2, 0) is 5.41 Å². The van der Waals surface area contributed by atoms with Gasteiger partial charge in [0.05, 0.1) is 5.70 Å². The molecule has 6 rings (SSSR count). The van der Waals surface area contributed by atoms with Crippen molar-refractivity contribution in [3.63, 3.8) is 0 Å². The number of amidine groups is 1. The molecule has 0 unspecified atom stereocenters. The highest BCUT2D eigenvalue weighted by Crippen LogP contribution is 2.51. The maximum Gasteiger partial charge on any atom is 0.160 e. The molecule has 5 aromatic rings. The summed E-state index contributed by atoms with van der Waals surface area (Å²) >= 11 is 1.84. The molecule has 0 N–H and O–H groups in total. The monoisotopic (exact) mass is 522 g/mol. The zero-order chi connectivity index (χ0) is 27.0. The van der Waals surface area contributed by atoms with Gasteiger partial charge in [-0.15, -0.1) is 11.3 Å². The zero-order valence-corrected chi connectivity index (χ0v) is 23.3. The molecule has 0 amide bonds. The summed E-state index contributed by atoms with van der Waals surface area (Å²) in [7, 11) is 0. The predicted molar refractivity (Wildman–Crippen MR) is 168 cm³/mol. The van der Waals surface area contributed by atoms with Gasteiger partial charge in [-0.3, -0.25) is 0 Å². The van der Waals surface area contributed by atoms with Crippen LogP contribution in [0.15, 0.2) is 131 Å². The van der Waals surface area contributed by atoms with Crippen LogP contribution >= 0.6 is 11.3 Å². The Morgan fingerprint density at radius 2 is 1.33 bits per heavy atom. The predicted octanol–water partition coefficient (Wildman–Crippen LogP) is 9.65. The van der Waals surface area contributed by atoms with Gasteiger partial charge >= 0.3 is 0 Å². The second-order valence-electron chi connectivity index (χ2n) is 10.4. The van der Waals surface area contributed by atoms with Crippen LogP contribution in [0.2, 0.25) is 0 Å². The molecule has 0 aliphatic heterocycles. The minimum absolute atomic E-state index is 0.0118. The van der Waals surface area contributed by atoms with Gasteiger partial charge in [0.1, 0.15) is 0 Å². The molecule has 0 saturated heterocycles. The molecule has 1 heterocycles. The number of benzene rings is 4. The summed E-state index contributed by atoms with van der Waals surface area (Å²) in [6.45, 7) is 10.9. The lowest BCUT2D eigenvalue weighted by molar-refractivity contribution is 0.662. The van der Waals surface area contributed by atoms with Crippen LogP contribution < -0.4 is 0 Å². The van der Waals surface area contributed by atoms with Crippen molar-refractivity contribution in [3.05, 3.63) is 149 Å². The lowest BCUT2D eigenvalue weighted by Gasteiger charge is -2.21. The van der Waals surface area contributed by atoms with E-state index in [0.29, 0.717) is 11.5 Å². The molecule has 0 radical (unpaired) electrons. The van der Waals surface area contributed by atoms with Crippen LogP contribution in [0, 0.1) is 0 Å². The van der Waals surface area contributed by atoms with Gasteiger partial charge in [0.2, 0.25) is 0 Å². The van der Waals surface area contributed by atoms with E-state index in [9.17, 15) is 0 Å². The Balaban J connectivity index is 1.36. The Kier molecular flexibility index (Phi) is 6.46. The van der Waals surface area contributed by atoms with E-state index >= 15 is 0 Å². The van der Waals surface area contributed by atoms with Crippen LogP contribution in [0.1, 0.15) is 48.6 Å². The maximum absolute atomic E-state index is 5.03. The van der Waals surface area contributed by atoms with Crippen molar-refractivity contribution >= 4 is 28.6 Å². The van der Waals surface area contributed by atoms with Crippen molar-refractivity contribution in [2.24, 2.45) is 9.98 Å². The van der Waals surface area contributed by atoms with Crippen molar-refractivity contribution in [2.75, 3.05) is 0 Å². The number of hydrogen-bond acceptors (Lipinski definition) is 2. The highest BCUT2D eigenvalue weighted by Gasteiger charge is 2.36. The van der Waals surface area contributed by atoms with E-state index in [1.165, 1.54) is 32.7 Å². The minimum atomic E-state index is 0.0118. The standard InChI is InChI=1S/C36H30N2S/c1-24(26-12-7-5-8-13-26)37-35(27-14-9-6-10-15-27)38-25(2)28-16-11-17-29(22-28)30-18-19-31-33(23-30)36(3,4)32-20-21-39-34(31)32/h5-23H,1H2,2-4H3. The van der Waals surface area contributed by atoms with Gasteiger partial charge in [0.25, 0.3) is 0 Å². The summed E-state index contributed by atoms with van der Waals surface area (Å²) in [6, 6.07) is 37.9. The topological polar surface area (TPSA) is 24.7 Å². The number of aliphatic imine (C=N–C) groups is 2. The lowest BCUT2D eigenvalue weighted by atomic mass is 9.82. The first-order valence-electron chi connectivity index (χ1n) is 13.2. The number of hydrogen-bond donors (Lipinski definition) is 0. The van der Waals surface area contributed by atoms with Crippen LogP contribution in [0.4, 0.5) is 0 Å². The van der Waals surface area contributed by atoms with Gasteiger partial charge < -0.3 is 0 Å². The van der Waals surface area contributed by atoms with E-state index in [4.69, 9.17) is 9.98 Å². The van der Waals surface area contributed by atoms with Gasteiger partial charge in [0.15, 0.2) is 5.84 Å². The number of thiophene rings is 1. The smallest absolute Gasteiger partial charge is 0.160 e. The molecule has 39 heavy (non-hydrogen) atoms. The second kappa shape index (κ2) is 10.1. The van der Waals surface area contributed by atoms with Crippen molar-refractivity contribution in [1.29, 1.82) is 0 Å². The third-order valence-electron chi connectivity index (χ3n) is 7.54. The van der Waals surface area contributed by atoms with E-state index < -0.39 is 0 Å². The Morgan fingerprint density at radius 1 is 0.667 bits per heavy atom. The van der Waals surface area contributed by atoms with E-state index in [1.54, 1.807) is 0 Å². The van der Waals surface area contributed by atoms with Crippen molar-refractivity contribution in [1.82, 2.24) is 0 Å². The second-order valence-corrected chi connectivity index (χ2v) is 11.4. The Hall–Kier alpha value is -4.34. The van der Waals surface area contributed by atoms with Gasteiger partial charge in [-0.05, 0) is 69.4 Å². The third-order valence-corrected chi connectivity index (χ3v) is 8.49. The molecule has 4 aromatic carbocycles. The first-order valence-corrected chi connectivity index (χ1v) is 14.1. The van der Waals surface area contributed by atoms with Crippen LogP contribution in [0.3, 0.4) is 0 Å². The van der Waals surface area contributed by atoms with E-state index in [0.717, 1.165) is 22.4 Å². The summed E-state index contributed by atoms with van der Waals surface area (Å²) in [6.07, 6.45) is 0. The third kappa shape index (κ3) is 4.71. The fourth-order valence-electron chi connectivity index (χ4n) is 5.31. The van der Waals surface area contributed by atoms with Crippen molar-refractivity contribution in [3.8, 4) is 21.6 Å². The van der Waals surface area contributed by atoms with E-state index in [2.05, 4.69) is 74.3 Å². The number of fused-ring (bicyclic) bond motifs is 3. The van der Waals surface area contributed by atoms with Crippen LogP contribution in [-0.4, -0.2) is 11.5 Å². The van der Waals surface area contributed by atoms with Gasteiger partial charge in [-0.25, -0.2) is 9.98 Å². The lowest BCUT2D eigenvalue weighted by Crippen LogP contribution is -2.14. The molecule has 3 heteroatoms. The summed E-state index contributed by atoms with van der Waals surface area (Å²) in [5.74, 6) is 0.651. The van der Waals surface area contributed by atoms with Crippen LogP contribution in [0.5, 0.6) is 0 Å². The zero-order valence-electron chi connectivity index (χ0n) is 22.5. The number of rotatable bonds is 5. The van der Waals surface area contributed by atoms with E-state index in [-0.39, 0.29) is 5.41 Å². The highest BCUT2D eigenvalue weighted by molar-refractivity contribution is 7.14. The molecule has 2 nitrogen and oxygen atoms in total. The van der Waals surface area contributed by atoms with Gasteiger partial charge in [-0.1, -0.05) is 111 Å². The molecule has 0 bridgehead atoms. The fraction of sp³-hybridized carbons (Fsp3) is 0.111. The first kappa shape index (κ1) is 25.0. The normalized spacial score (nSPS) is 14.1. The quantitative estimate of drug-likeness (QED) is 0.162. The molecule has 190 valence electrons. The molecule has 0 saturated carbocycles. The molecule has 1 aliphatic rings. The minimum Gasteiger partial charge on any atom is -0.233 e. The summed E-state index contributed by atoms with van der Waals surface area (Å²) in [4.78, 5) is 11.3. The summed E-state index contributed by atoms with van der Waals surface area (Å²) in [5, 5.41) is 2.21. The summed E-state index contributed by atoms with van der Waals surface area (Å²) < 4.78 is 0. The Morgan fingerprint density at radius 3 is 2.08 bits per heavy atom. The van der Waals surface area contributed by atoms with Crippen molar-refractivity contribution in [2.45, 2.75) is 26.2 Å². The fourth-order valence-corrected chi connectivity index (χ4v) is 6.40. The Labute approximate surface area is 234 Å². The average molecular weight is 523 g/mol. The van der Waals surface area contributed by atoms with Crippen molar-refractivity contribution < 1.29 is 0 Å². The molecular formula is C36H30N2S. The molecule has 0 fully saturated rings. The maximum atomic E-state index is 5.03. The molecule has 1 aliphatic carbocycles. The molecule has 1 aromatic heterocycles. The average Bonchev–Trinajstić information content (AvgIpc) is 3.55. The summed E-state index contributed by atoms with van der Waals surface area (Å²) in [5.41, 5.74) is 11.2. The Bertz CT molecular complexity index is 1740. The van der Waals surface area contributed by atoms with Gasteiger partial charge in [0, 0.05) is 21.6 Å².